The molecule has 4 nitrogen and oxygen atoms in total. The van der Waals surface area contributed by atoms with Gasteiger partial charge in [0.1, 0.15) is 5.69 Å². The van der Waals surface area contributed by atoms with Gasteiger partial charge in [-0.05, 0) is 32.6 Å². The number of hydrogen-bond acceptors (Lipinski definition) is 1. The molecule has 0 aliphatic carbocycles. The lowest BCUT2D eigenvalue weighted by Crippen LogP contribution is -2.06. The number of nitrogens with zero attached hydrogens (tertiary/aromatic N) is 2. The standard InChI is InChI=1S/C19H13BrN2O2/c1-21-16-15(17(19(23)24)22(2)18(16)20)14-10-8-13(9-11-14)12-6-4-3-5-7-12/h3-11H,2H3,(H,23,24). The normalized spacial score (nSPS) is 10.4. The largest absolute Gasteiger partial charge is 0.477 e. The zero-order valence-corrected chi connectivity index (χ0v) is 14.4. The maximum absolute atomic E-state index is 11.6. The Morgan fingerprint density at radius 2 is 1.58 bits per heavy atom. The number of rotatable bonds is 3. The van der Waals surface area contributed by atoms with Crippen molar-refractivity contribution in [3.8, 4) is 22.3 Å². The van der Waals surface area contributed by atoms with Crippen LogP contribution in [0.3, 0.4) is 0 Å². The summed E-state index contributed by atoms with van der Waals surface area (Å²) in [6, 6.07) is 17.5. The second-order valence-electron chi connectivity index (χ2n) is 5.28. The van der Waals surface area contributed by atoms with Crippen LogP contribution in [0, 0.1) is 6.57 Å². The molecule has 1 N–H and O–H groups in total. The minimum atomic E-state index is -1.06. The van der Waals surface area contributed by atoms with Gasteiger partial charge in [0, 0.05) is 12.6 Å². The van der Waals surface area contributed by atoms with Gasteiger partial charge in [0.2, 0.25) is 5.69 Å². The van der Waals surface area contributed by atoms with Crippen molar-refractivity contribution in [1.82, 2.24) is 4.57 Å². The van der Waals surface area contributed by atoms with Crippen molar-refractivity contribution in [3.05, 3.63) is 76.3 Å². The van der Waals surface area contributed by atoms with Gasteiger partial charge in [0.05, 0.1) is 11.2 Å². The smallest absolute Gasteiger partial charge is 0.351 e. The molecule has 0 atom stereocenters. The molecular weight excluding hydrogens is 368 g/mol. The highest BCUT2D eigenvalue weighted by molar-refractivity contribution is 9.10. The molecule has 0 radical (unpaired) electrons. The molecule has 1 aromatic heterocycles. The topological polar surface area (TPSA) is 46.6 Å². The van der Waals surface area contributed by atoms with Gasteiger partial charge in [-0.25, -0.2) is 9.64 Å². The van der Waals surface area contributed by atoms with Crippen LogP contribution < -0.4 is 0 Å². The number of carboxylic acid groups (broad SMARTS) is 1. The lowest BCUT2D eigenvalue weighted by molar-refractivity contribution is 0.0687. The Kier molecular flexibility index (Phi) is 4.24. The summed E-state index contributed by atoms with van der Waals surface area (Å²) in [6.07, 6.45) is 0. The Hall–Kier alpha value is -2.84. The van der Waals surface area contributed by atoms with Crippen LogP contribution in [0.1, 0.15) is 10.5 Å². The van der Waals surface area contributed by atoms with Crippen LogP contribution in [0.2, 0.25) is 0 Å². The first kappa shape index (κ1) is 16.0. The Balaban J connectivity index is 2.15. The number of aromatic nitrogens is 1. The van der Waals surface area contributed by atoms with E-state index in [2.05, 4.69) is 20.8 Å². The van der Waals surface area contributed by atoms with Crippen LogP contribution >= 0.6 is 15.9 Å². The number of aromatic carboxylic acids is 1. The average Bonchev–Trinajstić information content (AvgIpc) is 2.87. The first-order valence-electron chi connectivity index (χ1n) is 7.19. The Bertz CT molecular complexity index is 952. The second-order valence-corrected chi connectivity index (χ2v) is 6.03. The van der Waals surface area contributed by atoms with Crippen molar-refractivity contribution in [3.63, 3.8) is 0 Å². The monoisotopic (exact) mass is 380 g/mol. The predicted molar refractivity (Wildman–Crippen MR) is 97.2 cm³/mol. The van der Waals surface area contributed by atoms with Crippen molar-refractivity contribution in [2.75, 3.05) is 0 Å². The molecule has 0 spiro atoms. The fourth-order valence-corrected chi connectivity index (χ4v) is 3.19. The third-order valence-corrected chi connectivity index (χ3v) is 4.80. The van der Waals surface area contributed by atoms with Gasteiger partial charge in [0.15, 0.2) is 0 Å². The van der Waals surface area contributed by atoms with Gasteiger partial charge in [-0.2, -0.15) is 0 Å². The molecule has 0 saturated carbocycles. The first-order valence-corrected chi connectivity index (χ1v) is 7.98. The van der Waals surface area contributed by atoms with Gasteiger partial charge < -0.3 is 9.67 Å². The Labute approximate surface area is 147 Å². The van der Waals surface area contributed by atoms with Crippen LogP contribution in [-0.4, -0.2) is 15.6 Å². The van der Waals surface area contributed by atoms with E-state index in [9.17, 15) is 9.90 Å². The van der Waals surface area contributed by atoms with E-state index in [1.807, 2.05) is 54.6 Å². The van der Waals surface area contributed by atoms with Crippen molar-refractivity contribution in [2.24, 2.45) is 7.05 Å². The third kappa shape index (κ3) is 2.61. The lowest BCUT2D eigenvalue weighted by Gasteiger charge is -2.06. The molecule has 3 aromatic rings. The van der Waals surface area contributed by atoms with Crippen molar-refractivity contribution in [2.45, 2.75) is 0 Å². The number of carboxylic acids is 1. The molecule has 2 aromatic carbocycles. The fraction of sp³-hybridized carbons (Fsp3) is 0.0526. The maximum atomic E-state index is 11.6. The minimum Gasteiger partial charge on any atom is -0.477 e. The first-order chi connectivity index (χ1) is 11.5. The summed E-state index contributed by atoms with van der Waals surface area (Å²) >= 11 is 3.31. The Morgan fingerprint density at radius 3 is 2.12 bits per heavy atom. The highest BCUT2D eigenvalue weighted by Crippen LogP contribution is 2.42. The van der Waals surface area contributed by atoms with E-state index in [4.69, 9.17) is 6.57 Å². The number of halogens is 1. The number of hydrogen-bond donors (Lipinski definition) is 1. The highest BCUT2D eigenvalue weighted by atomic mass is 79.9. The molecule has 0 saturated heterocycles. The van der Waals surface area contributed by atoms with Crippen LogP contribution in [0.4, 0.5) is 5.69 Å². The SMILES string of the molecule is [C-]#[N+]c1c(-c2ccc(-c3ccccc3)cc2)c(C(=O)O)n(C)c1Br. The van der Waals surface area contributed by atoms with Gasteiger partial charge in [-0.15, -0.1) is 0 Å². The van der Waals surface area contributed by atoms with Crippen molar-refractivity contribution < 1.29 is 9.90 Å². The maximum Gasteiger partial charge on any atom is 0.351 e. The fourth-order valence-electron chi connectivity index (χ4n) is 2.73. The number of carbonyl (C=O) groups is 1. The Morgan fingerprint density at radius 1 is 1.04 bits per heavy atom. The summed E-state index contributed by atoms with van der Waals surface area (Å²) in [4.78, 5) is 15.2. The quantitative estimate of drug-likeness (QED) is 0.620. The summed E-state index contributed by atoms with van der Waals surface area (Å²) in [5, 5.41) is 9.53. The molecular formula is C19H13BrN2O2. The van der Waals surface area contributed by atoms with E-state index in [0.29, 0.717) is 21.4 Å². The van der Waals surface area contributed by atoms with E-state index in [1.54, 1.807) is 7.05 Å². The minimum absolute atomic E-state index is 0.0975. The number of benzene rings is 2. The average molecular weight is 381 g/mol. The molecule has 118 valence electrons. The van der Waals surface area contributed by atoms with Gasteiger partial charge in [-0.1, -0.05) is 54.6 Å². The highest BCUT2D eigenvalue weighted by Gasteiger charge is 2.25. The van der Waals surface area contributed by atoms with E-state index in [1.165, 1.54) is 4.57 Å². The summed E-state index contributed by atoms with van der Waals surface area (Å²) in [6.45, 7) is 7.39. The summed E-state index contributed by atoms with van der Waals surface area (Å²) in [7, 11) is 1.63. The summed E-state index contributed by atoms with van der Waals surface area (Å²) < 4.78 is 1.95. The van der Waals surface area contributed by atoms with Crippen LogP contribution in [0.25, 0.3) is 27.1 Å². The molecule has 0 unspecified atom stereocenters. The molecule has 0 aliphatic heterocycles. The third-order valence-electron chi connectivity index (χ3n) is 3.89. The lowest BCUT2D eigenvalue weighted by atomic mass is 9.99. The molecule has 5 heteroatoms. The van der Waals surface area contributed by atoms with Crippen molar-refractivity contribution in [1.29, 1.82) is 0 Å². The van der Waals surface area contributed by atoms with Crippen molar-refractivity contribution >= 4 is 27.6 Å². The summed E-state index contributed by atoms with van der Waals surface area (Å²) in [5.74, 6) is -1.06. The van der Waals surface area contributed by atoms with Gasteiger partial charge in [-0.3, -0.25) is 0 Å². The van der Waals surface area contributed by atoms with E-state index >= 15 is 0 Å². The molecule has 3 rings (SSSR count). The van der Waals surface area contributed by atoms with E-state index < -0.39 is 5.97 Å². The van der Waals surface area contributed by atoms with Gasteiger partial charge >= 0.3 is 5.97 Å². The van der Waals surface area contributed by atoms with Crippen LogP contribution in [0.5, 0.6) is 0 Å². The molecule has 0 aliphatic rings. The molecule has 0 fully saturated rings. The second kappa shape index (κ2) is 6.34. The zero-order chi connectivity index (χ0) is 17.3. The molecule has 0 bridgehead atoms. The molecule has 1 heterocycles. The van der Waals surface area contributed by atoms with Gasteiger partial charge in [0.25, 0.3) is 0 Å². The molecule has 0 amide bonds. The summed E-state index contributed by atoms with van der Waals surface area (Å²) in [5.41, 5.74) is 3.67. The van der Waals surface area contributed by atoms with Crippen LogP contribution in [0.15, 0.2) is 59.2 Å². The molecule has 24 heavy (non-hydrogen) atoms. The predicted octanol–water partition coefficient (Wildman–Crippen LogP) is 5.37. The zero-order valence-electron chi connectivity index (χ0n) is 12.8. The van der Waals surface area contributed by atoms with Crippen LogP contribution in [-0.2, 0) is 7.05 Å². The van der Waals surface area contributed by atoms with E-state index in [0.717, 1.165) is 11.1 Å². The van der Waals surface area contributed by atoms with E-state index in [-0.39, 0.29) is 5.69 Å².